The van der Waals surface area contributed by atoms with Crippen LogP contribution in [0.15, 0.2) is 415 Å². The van der Waals surface area contributed by atoms with Crippen molar-refractivity contribution in [2.24, 2.45) is 0 Å². The van der Waals surface area contributed by atoms with E-state index in [-0.39, 0.29) is 7.43 Å². The summed E-state index contributed by atoms with van der Waals surface area (Å²) in [5.74, 6) is 0. The Bertz CT molecular complexity index is 5900. The van der Waals surface area contributed by atoms with Gasteiger partial charge in [0.15, 0.2) is 0 Å². The second-order valence-corrected chi connectivity index (χ2v) is 28.3. The van der Waals surface area contributed by atoms with Gasteiger partial charge in [-0.3, -0.25) is 0 Å². The molecule has 0 aliphatic heterocycles. The fraction of sp³-hybridized carbons (Fsp3) is 0.00990. The number of aromatic nitrogens is 3. The Labute approximate surface area is 653 Å². The number of benzene rings is 16. The topological polar surface area (TPSA) is 33.3 Å². The Hall–Kier alpha value is -13.2. The summed E-state index contributed by atoms with van der Waals surface area (Å²) in [6.07, 6.45) is 8.59. The van der Waals surface area contributed by atoms with E-state index in [0.717, 1.165) is 76.9 Å². The smallest absolute Gasteiger partial charge is 0.0541 e. The van der Waals surface area contributed by atoms with Crippen LogP contribution in [0.1, 0.15) is 29.7 Å². The van der Waals surface area contributed by atoms with E-state index in [4.69, 9.17) is 0 Å². The quantitative estimate of drug-likeness (QED) is 0.104. The van der Waals surface area contributed by atoms with Crippen molar-refractivity contribution >= 4 is 167 Å². The van der Waals surface area contributed by atoms with Crippen molar-refractivity contribution in [2.75, 3.05) is 15.1 Å². The lowest BCUT2D eigenvalue weighted by Crippen LogP contribution is -2.10. The highest BCUT2D eigenvalue weighted by Gasteiger charge is 2.19. The molecular weight excluding hydrogens is 1460 g/mol. The van der Waals surface area contributed by atoms with E-state index in [9.17, 15) is 0 Å². The molecule has 8 heteroatoms. The minimum absolute atomic E-state index is 0. The van der Waals surface area contributed by atoms with Crippen LogP contribution >= 0.6 is 31.9 Å². The zero-order chi connectivity index (χ0) is 72.5. The van der Waals surface area contributed by atoms with E-state index in [2.05, 4.69) is 449 Å². The van der Waals surface area contributed by atoms with Gasteiger partial charge in [-0.2, -0.15) is 0 Å². The SMILES string of the molecule is Brc1ccc(/C=C/c2ccc(Br)cc2)cc1.C.C(=C\c1ccc(N(c2ccccc2)c2ccc(-n3c4ccccc4c4ccccc43)cc2)cc1)/c1ccc(N(c2ccccc2)c2ccc(-n3c4ccccc4c4ccccc43)cc2)cc1.c1ccc(Nc2ccc(-n3c4ccccc4c4ccccc43)cc2)cc1. The maximum atomic E-state index is 3.44. The van der Waals surface area contributed by atoms with Crippen LogP contribution in [0.5, 0.6) is 0 Å². The minimum Gasteiger partial charge on any atom is -0.356 e. The number of fused-ring (bicyclic) bond motifs is 9. The van der Waals surface area contributed by atoms with Crippen LogP contribution < -0.4 is 15.1 Å². The summed E-state index contributed by atoms with van der Waals surface area (Å²) in [6, 6.07) is 144. The molecule has 0 spiro atoms. The molecule has 0 saturated carbocycles. The number of anilines is 8. The molecule has 3 aromatic heterocycles. The Kier molecular flexibility index (Phi) is 20.7. The van der Waals surface area contributed by atoms with Gasteiger partial charge in [-0.25, -0.2) is 0 Å². The van der Waals surface area contributed by atoms with Crippen molar-refractivity contribution in [2.45, 2.75) is 7.43 Å². The van der Waals surface area contributed by atoms with Crippen LogP contribution in [0.3, 0.4) is 0 Å². The van der Waals surface area contributed by atoms with Crippen LogP contribution in [0.2, 0.25) is 0 Å². The third-order valence-corrected chi connectivity index (χ3v) is 20.7. The molecule has 0 bridgehead atoms. The first-order valence-electron chi connectivity index (χ1n) is 36.2. The van der Waals surface area contributed by atoms with Crippen LogP contribution in [0, 0.1) is 0 Å². The van der Waals surface area contributed by atoms with Crippen molar-refractivity contribution in [1.29, 1.82) is 0 Å². The summed E-state index contributed by atoms with van der Waals surface area (Å²) in [5.41, 5.74) is 24.2. The van der Waals surface area contributed by atoms with E-state index in [1.54, 1.807) is 0 Å². The lowest BCUT2D eigenvalue weighted by Gasteiger charge is -2.26. The molecule has 0 unspecified atom stereocenters. The van der Waals surface area contributed by atoms with Crippen molar-refractivity contribution in [3.8, 4) is 17.1 Å². The molecule has 0 aliphatic rings. The molecule has 1 N–H and O–H groups in total. The standard InChI is InChI=1S/C62H44N4.C24H18N2.C14H10Br2.CH4/c1-3-15-47(16-4-1)63(51-37-41-53(42-38-51)65-59-23-11-7-19-55(59)56-20-8-12-24-60(56)65)49-33-29-45(30-34-49)27-28-46-31-35-50(36-32-46)64(48-17-5-2-6-18-48)52-39-43-54(44-40-52)66-61-25-13-9-21-57(61)58-22-10-14-26-62(58)66;1-2-8-18(9-3-1)25-19-14-16-20(17-15-19)26-23-12-6-4-10-21(23)22-11-5-7-13-24(22)26;15-13-7-3-11(4-8-13)1-2-12-5-9-14(16)10-6-12;/h1-44H;1-17,25H;1-10H;1H4/b28-27+;;2-1+;. The normalized spacial score (nSPS) is 11.2. The number of rotatable bonds is 15. The minimum atomic E-state index is 0. The van der Waals surface area contributed by atoms with Crippen molar-refractivity contribution < 1.29 is 0 Å². The molecule has 0 atom stereocenters. The van der Waals surface area contributed by atoms with E-state index in [1.807, 2.05) is 42.5 Å². The van der Waals surface area contributed by atoms with Gasteiger partial charge >= 0.3 is 0 Å². The van der Waals surface area contributed by atoms with E-state index >= 15 is 0 Å². The molecule has 19 rings (SSSR count). The highest BCUT2D eigenvalue weighted by atomic mass is 79.9. The van der Waals surface area contributed by atoms with Gasteiger partial charge in [0.1, 0.15) is 0 Å². The van der Waals surface area contributed by atoms with Crippen molar-refractivity contribution in [3.63, 3.8) is 0 Å². The molecule has 0 aliphatic carbocycles. The van der Waals surface area contributed by atoms with Gasteiger partial charge in [0.2, 0.25) is 0 Å². The predicted molar refractivity (Wildman–Crippen MR) is 474 cm³/mol. The lowest BCUT2D eigenvalue weighted by molar-refractivity contribution is 1.17. The first-order chi connectivity index (χ1) is 53.4. The fourth-order valence-corrected chi connectivity index (χ4v) is 15.1. The van der Waals surface area contributed by atoms with Crippen LogP contribution in [0.4, 0.5) is 45.5 Å². The Morgan fingerprint density at radius 2 is 0.404 bits per heavy atom. The molecule has 109 heavy (non-hydrogen) atoms. The number of hydrogen-bond donors (Lipinski definition) is 1. The third kappa shape index (κ3) is 15.0. The van der Waals surface area contributed by atoms with Gasteiger partial charge in [0.05, 0.1) is 33.1 Å². The molecule has 19 aromatic rings. The molecule has 3 heterocycles. The van der Waals surface area contributed by atoms with Gasteiger partial charge < -0.3 is 28.8 Å². The second kappa shape index (κ2) is 32.2. The Balaban J connectivity index is 0.000000170. The lowest BCUT2D eigenvalue weighted by atomic mass is 10.1. The molecule has 0 fully saturated rings. The molecule has 524 valence electrons. The van der Waals surface area contributed by atoms with Crippen molar-refractivity contribution in [1.82, 2.24) is 13.7 Å². The van der Waals surface area contributed by atoms with Crippen molar-refractivity contribution in [3.05, 3.63) is 438 Å². The predicted octanol–water partition coefficient (Wildman–Crippen LogP) is 29.5. The third-order valence-electron chi connectivity index (χ3n) is 19.7. The highest BCUT2D eigenvalue weighted by molar-refractivity contribution is 9.10. The summed E-state index contributed by atoms with van der Waals surface area (Å²) in [5, 5.41) is 11.1. The van der Waals surface area contributed by atoms with Gasteiger partial charge in [0.25, 0.3) is 0 Å². The van der Waals surface area contributed by atoms with E-state index in [0.29, 0.717) is 0 Å². The van der Waals surface area contributed by atoms with E-state index in [1.165, 1.54) is 82.2 Å². The number of nitrogens with zero attached hydrogens (tertiary/aromatic N) is 5. The first kappa shape index (κ1) is 70.1. The summed E-state index contributed by atoms with van der Waals surface area (Å²) in [6.45, 7) is 0. The van der Waals surface area contributed by atoms with Crippen LogP contribution in [-0.2, 0) is 0 Å². The monoisotopic (exact) mass is 1530 g/mol. The zero-order valence-corrected chi connectivity index (χ0v) is 62.2. The average molecular weight is 1530 g/mol. The largest absolute Gasteiger partial charge is 0.356 e. The zero-order valence-electron chi connectivity index (χ0n) is 59.0. The van der Waals surface area contributed by atoms with Gasteiger partial charge in [-0.05, 0) is 216 Å². The molecule has 0 saturated heterocycles. The molecular formula is C101H76Br2N6. The molecule has 0 radical (unpaired) electrons. The number of hydrogen-bond acceptors (Lipinski definition) is 3. The number of para-hydroxylation sites is 9. The maximum Gasteiger partial charge on any atom is 0.0541 e. The van der Waals surface area contributed by atoms with Gasteiger partial charge in [-0.1, -0.05) is 276 Å². The summed E-state index contributed by atoms with van der Waals surface area (Å²) < 4.78 is 9.27. The van der Waals surface area contributed by atoms with Crippen LogP contribution in [-0.4, -0.2) is 13.7 Å². The Morgan fingerprint density at radius 3 is 0.679 bits per heavy atom. The van der Waals surface area contributed by atoms with E-state index < -0.39 is 0 Å². The molecule has 16 aromatic carbocycles. The first-order valence-corrected chi connectivity index (χ1v) is 37.8. The average Bonchev–Trinajstić information content (AvgIpc) is 1.62. The van der Waals surface area contributed by atoms with Gasteiger partial charge in [-0.15, -0.1) is 0 Å². The molecule has 6 nitrogen and oxygen atoms in total. The molecule has 0 amide bonds. The number of nitrogens with one attached hydrogen (secondary N) is 1. The highest BCUT2D eigenvalue weighted by Crippen LogP contribution is 2.41. The maximum absolute atomic E-state index is 3.44. The van der Waals surface area contributed by atoms with Gasteiger partial charge in [0, 0.05) is 104 Å². The number of halogens is 2. The van der Waals surface area contributed by atoms with Crippen LogP contribution in [0.25, 0.3) is 107 Å². The summed E-state index contributed by atoms with van der Waals surface area (Å²) in [7, 11) is 0. The Morgan fingerprint density at radius 1 is 0.202 bits per heavy atom. The fourth-order valence-electron chi connectivity index (χ4n) is 14.5. The summed E-state index contributed by atoms with van der Waals surface area (Å²) >= 11 is 6.84. The summed E-state index contributed by atoms with van der Waals surface area (Å²) in [4.78, 5) is 4.64. The second-order valence-electron chi connectivity index (χ2n) is 26.5.